The monoisotopic (exact) mass is 217 g/mol. The smallest absolute Gasteiger partial charge is 0.206 e. The first-order valence-electron chi connectivity index (χ1n) is 5.60. The summed E-state index contributed by atoms with van der Waals surface area (Å²) in [6.07, 6.45) is 0.628. The average molecular weight is 217 g/mol. The highest BCUT2D eigenvalue weighted by atomic mass is 16.3. The van der Waals surface area contributed by atoms with Crippen LogP contribution in [0.4, 0.5) is 5.95 Å². The van der Waals surface area contributed by atoms with Crippen molar-refractivity contribution in [3.63, 3.8) is 0 Å². The largest absolute Gasteiger partial charge is 0.391 e. The van der Waals surface area contributed by atoms with Gasteiger partial charge in [0, 0.05) is 20.1 Å². The number of rotatable bonds is 1. The molecule has 1 fully saturated rings. The Kier molecular flexibility index (Phi) is 2.11. The molecular formula is C12H15N3O. The minimum Gasteiger partial charge on any atom is -0.391 e. The zero-order valence-corrected chi connectivity index (χ0v) is 9.30. The molecule has 0 radical (unpaired) electrons. The Morgan fingerprint density at radius 3 is 2.88 bits per heavy atom. The summed E-state index contributed by atoms with van der Waals surface area (Å²) in [5.41, 5.74) is 2.15. The maximum absolute atomic E-state index is 9.55. The fourth-order valence-corrected chi connectivity index (χ4v) is 2.34. The van der Waals surface area contributed by atoms with E-state index in [-0.39, 0.29) is 6.10 Å². The lowest BCUT2D eigenvalue weighted by atomic mass is 10.3. The standard InChI is InChI=1S/C12H15N3O/c1-14-11-5-3-2-4-10(11)13-12(14)15-7-6-9(16)8-15/h2-5,9,16H,6-8H2,1H3. The summed E-state index contributed by atoms with van der Waals surface area (Å²) in [6.45, 7) is 1.58. The van der Waals surface area contributed by atoms with Gasteiger partial charge in [0.2, 0.25) is 5.95 Å². The average Bonchev–Trinajstić information content (AvgIpc) is 2.84. The Balaban J connectivity index is 2.07. The number of aromatic nitrogens is 2. The van der Waals surface area contributed by atoms with Crippen LogP contribution < -0.4 is 4.90 Å². The Labute approximate surface area is 94.1 Å². The van der Waals surface area contributed by atoms with E-state index in [0.717, 1.165) is 29.9 Å². The van der Waals surface area contributed by atoms with E-state index in [1.165, 1.54) is 0 Å². The van der Waals surface area contributed by atoms with Gasteiger partial charge in [-0.3, -0.25) is 0 Å². The number of benzene rings is 1. The number of aryl methyl sites for hydroxylation is 1. The fraction of sp³-hybridized carbons (Fsp3) is 0.417. The van der Waals surface area contributed by atoms with Gasteiger partial charge in [-0.2, -0.15) is 0 Å². The number of hydrogen-bond acceptors (Lipinski definition) is 3. The van der Waals surface area contributed by atoms with Crippen molar-refractivity contribution < 1.29 is 5.11 Å². The van der Waals surface area contributed by atoms with Gasteiger partial charge in [-0.25, -0.2) is 4.98 Å². The lowest BCUT2D eigenvalue weighted by Gasteiger charge is -2.16. The summed E-state index contributed by atoms with van der Waals surface area (Å²) >= 11 is 0. The van der Waals surface area contributed by atoms with Gasteiger partial charge in [0.15, 0.2) is 0 Å². The van der Waals surface area contributed by atoms with Crippen LogP contribution in [0.15, 0.2) is 24.3 Å². The molecule has 3 rings (SSSR count). The second-order valence-corrected chi connectivity index (χ2v) is 4.35. The molecule has 1 atom stereocenters. The topological polar surface area (TPSA) is 41.3 Å². The number of β-amino-alcohol motifs (C(OH)–C–C–N with tert-alkyl or cyclic N) is 1. The second kappa shape index (κ2) is 3.49. The van der Waals surface area contributed by atoms with Crippen LogP contribution in [0.5, 0.6) is 0 Å². The van der Waals surface area contributed by atoms with Crippen LogP contribution in [0, 0.1) is 0 Å². The van der Waals surface area contributed by atoms with Crippen LogP contribution in [0.25, 0.3) is 11.0 Å². The molecule has 84 valence electrons. The van der Waals surface area contributed by atoms with Gasteiger partial charge in [0.1, 0.15) is 0 Å². The van der Waals surface area contributed by atoms with Crippen LogP contribution >= 0.6 is 0 Å². The Hall–Kier alpha value is -1.55. The first kappa shape index (κ1) is 9.66. The molecule has 1 aliphatic rings. The molecule has 0 spiro atoms. The number of aliphatic hydroxyl groups excluding tert-OH is 1. The third-order valence-electron chi connectivity index (χ3n) is 3.21. The molecule has 2 heterocycles. The van der Waals surface area contributed by atoms with Crippen molar-refractivity contribution in [3.05, 3.63) is 24.3 Å². The number of fused-ring (bicyclic) bond motifs is 1. The predicted octanol–water partition coefficient (Wildman–Crippen LogP) is 1.14. The molecule has 1 N–H and O–H groups in total. The van der Waals surface area contributed by atoms with E-state index >= 15 is 0 Å². The summed E-state index contributed by atoms with van der Waals surface area (Å²) in [4.78, 5) is 6.75. The van der Waals surface area contributed by atoms with Gasteiger partial charge in [-0.15, -0.1) is 0 Å². The van der Waals surface area contributed by atoms with Gasteiger partial charge in [0.25, 0.3) is 0 Å². The van der Waals surface area contributed by atoms with Crippen LogP contribution in [0.2, 0.25) is 0 Å². The number of aliphatic hydroxyl groups is 1. The molecule has 1 unspecified atom stereocenters. The van der Waals surface area contributed by atoms with Crippen molar-refractivity contribution in [2.24, 2.45) is 7.05 Å². The van der Waals surface area contributed by atoms with E-state index in [0.29, 0.717) is 6.54 Å². The minimum atomic E-state index is -0.209. The van der Waals surface area contributed by atoms with Crippen LogP contribution in [-0.2, 0) is 7.05 Å². The summed E-state index contributed by atoms with van der Waals surface area (Å²) in [5, 5.41) is 9.55. The molecule has 0 aliphatic carbocycles. The third kappa shape index (κ3) is 1.38. The first-order valence-corrected chi connectivity index (χ1v) is 5.60. The maximum atomic E-state index is 9.55. The predicted molar refractivity (Wildman–Crippen MR) is 63.6 cm³/mol. The molecular weight excluding hydrogens is 202 g/mol. The molecule has 4 nitrogen and oxygen atoms in total. The first-order chi connectivity index (χ1) is 7.75. The van der Waals surface area contributed by atoms with E-state index in [2.05, 4.69) is 20.5 Å². The molecule has 2 aromatic rings. The Morgan fingerprint density at radius 1 is 1.38 bits per heavy atom. The highest BCUT2D eigenvalue weighted by Gasteiger charge is 2.23. The molecule has 0 saturated carbocycles. The molecule has 4 heteroatoms. The number of imidazole rings is 1. The highest BCUT2D eigenvalue weighted by Crippen LogP contribution is 2.23. The van der Waals surface area contributed by atoms with Crippen LogP contribution in [0.1, 0.15) is 6.42 Å². The Bertz CT molecular complexity index is 520. The van der Waals surface area contributed by atoms with Gasteiger partial charge < -0.3 is 14.6 Å². The molecule has 0 amide bonds. The van der Waals surface area contributed by atoms with E-state index in [4.69, 9.17) is 0 Å². The van der Waals surface area contributed by atoms with Crippen molar-refractivity contribution in [1.29, 1.82) is 0 Å². The van der Waals surface area contributed by atoms with Crippen LogP contribution in [0.3, 0.4) is 0 Å². The van der Waals surface area contributed by atoms with Crippen molar-refractivity contribution in [2.45, 2.75) is 12.5 Å². The SMILES string of the molecule is Cn1c(N2CCC(O)C2)nc2ccccc21. The van der Waals surface area contributed by atoms with Gasteiger partial charge >= 0.3 is 0 Å². The third-order valence-corrected chi connectivity index (χ3v) is 3.21. The molecule has 1 aromatic carbocycles. The van der Waals surface area contributed by atoms with Crippen molar-refractivity contribution in [2.75, 3.05) is 18.0 Å². The van der Waals surface area contributed by atoms with Crippen molar-refractivity contribution in [1.82, 2.24) is 9.55 Å². The van der Waals surface area contributed by atoms with E-state index in [9.17, 15) is 5.11 Å². The number of anilines is 1. The number of para-hydroxylation sites is 2. The molecule has 1 aliphatic heterocycles. The van der Waals surface area contributed by atoms with Crippen molar-refractivity contribution in [3.8, 4) is 0 Å². The van der Waals surface area contributed by atoms with Gasteiger partial charge in [0.05, 0.1) is 17.1 Å². The lowest BCUT2D eigenvalue weighted by molar-refractivity contribution is 0.198. The zero-order valence-electron chi connectivity index (χ0n) is 9.30. The van der Waals surface area contributed by atoms with Crippen LogP contribution in [-0.4, -0.2) is 33.9 Å². The van der Waals surface area contributed by atoms with Gasteiger partial charge in [-0.05, 0) is 18.6 Å². The highest BCUT2D eigenvalue weighted by molar-refractivity contribution is 5.78. The molecule has 0 bridgehead atoms. The summed E-state index contributed by atoms with van der Waals surface area (Å²) in [7, 11) is 2.02. The minimum absolute atomic E-state index is 0.209. The lowest BCUT2D eigenvalue weighted by Crippen LogP contribution is -2.24. The number of nitrogens with zero attached hydrogens (tertiary/aromatic N) is 3. The Morgan fingerprint density at radius 2 is 2.19 bits per heavy atom. The molecule has 1 saturated heterocycles. The molecule has 1 aromatic heterocycles. The second-order valence-electron chi connectivity index (χ2n) is 4.35. The quantitative estimate of drug-likeness (QED) is 0.779. The van der Waals surface area contributed by atoms with E-state index in [1.807, 2.05) is 25.2 Å². The van der Waals surface area contributed by atoms with E-state index in [1.54, 1.807) is 0 Å². The van der Waals surface area contributed by atoms with Gasteiger partial charge in [-0.1, -0.05) is 12.1 Å². The number of hydrogen-bond donors (Lipinski definition) is 1. The van der Waals surface area contributed by atoms with E-state index < -0.39 is 0 Å². The zero-order chi connectivity index (χ0) is 11.1. The normalized spacial score (nSPS) is 20.9. The fourth-order valence-electron chi connectivity index (χ4n) is 2.34. The summed E-state index contributed by atoms with van der Waals surface area (Å²) in [6, 6.07) is 8.11. The maximum Gasteiger partial charge on any atom is 0.206 e. The van der Waals surface area contributed by atoms with Crippen molar-refractivity contribution >= 4 is 17.0 Å². The summed E-state index contributed by atoms with van der Waals surface area (Å²) in [5.74, 6) is 0.956. The summed E-state index contributed by atoms with van der Waals surface area (Å²) < 4.78 is 2.09. The molecule has 16 heavy (non-hydrogen) atoms.